The van der Waals surface area contributed by atoms with Crippen molar-refractivity contribution in [1.29, 1.82) is 0 Å². The molecule has 102 valence electrons. The second-order valence-corrected chi connectivity index (χ2v) is 5.61. The van der Waals surface area contributed by atoms with Crippen LogP contribution in [0.1, 0.15) is 45.8 Å². The summed E-state index contributed by atoms with van der Waals surface area (Å²) in [5.74, 6) is 0.259. The number of nitrogens with zero attached hydrogens (tertiary/aromatic N) is 1. The molecule has 6 heteroatoms. The normalized spacial score (nSPS) is 10.9. The summed E-state index contributed by atoms with van der Waals surface area (Å²) in [4.78, 5) is 12.4. The van der Waals surface area contributed by atoms with Crippen LogP contribution in [0.2, 0.25) is 0 Å². The minimum absolute atomic E-state index is 0.176. The predicted molar refractivity (Wildman–Crippen MR) is 70.9 cm³/mol. The Kier molecular flexibility index (Phi) is 3.90. The molecule has 1 N–H and O–H groups in total. The van der Waals surface area contributed by atoms with Crippen molar-refractivity contribution in [3.8, 4) is 5.75 Å². The van der Waals surface area contributed by atoms with Crippen molar-refractivity contribution in [2.75, 3.05) is 0 Å². The highest BCUT2D eigenvalue weighted by Crippen LogP contribution is 2.34. The van der Waals surface area contributed by atoms with E-state index in [9.17, 15) is 4.79 Å². The number of carbonyl (C=O) groups is 1. The Labute approximate surface area is 114 Å². The molecule has 2 aromatic heterocycles. The Bertz CT molecular complexity index is 585. The molecule has 0 saturated heterocycles. The van der Waals surface area contributed by atoms with E-state index in [0.717, 1.165) is 10.6 Å². The molecule has 19 heavy (non-hydrogen) atoms. The van der Waals surface area contributed by atoms with Crippen molar-refractivity contribution in [2.24, 2.45) is 0 Å². The van der Waals surface area contributed by atoms with Gasteiger partial charge in [0.15, 0.2) is 10.6 Å². The van der Waals surface area contributed by atoms with E-state index in [2.05, 4.69) is 5.16 Å². The van der Waals surface area contributed by atoms with E-state index in [1.54, 1.807) is 12.1 Å². The lowest BCUT2D eigenvalue weighted by atomic mass is 10.2. The van der Waals surface area contributed by atoms with Crippen LogP contribution in [0, 0.1) is 6.92 Å². The topological polar surface area (TPSA) is 72.6 Å². The average Bonchev–Trinajstić information content (AvgIpc) is 2.92. The number of carboxylic acid groups (broad SMARTS) is 1. The highest BCUT2D eigenvalue weighted by Gasteiger charge is 2.18. The molecule has 0 saturated carbocycles. The van der Waals surface area contributed by atoms with Gasteiger partial charge in [0.2, 0.25) is 0 Å². The number of aromatic carboxylic acids is 1. The summed E-state index contributed by atoms with van der Waals surface area (Å²) in [5, 5.41) is 12.9. The third kappa shape index (κ3) is 3.14. The first-order chi connectivity index (χ1) is 8.97. The fraction of sp³-hybridized carbons (Fsp3) is 0.385. The number of thiophene rings is 1. The van der Waals surface area contributed by atoms with Gasteiger partial charge in [-0.2, -0.15) is 0 Å². The zero-order valence-corrected chi connectivity index (χ0v) is 11.8. The molecule has 0 aliphatic heterocycles. The van der Waals surface area contributed by atoms with E-state index in [4.69, 9.17) is 14.4 Å². The summed E-state index contributed by atoms with van der Waals surface area (Å²) in [6.45, 7) is 6.02. The van der Waals surface area contributed by atoms with Gasteiger partial charge in [0.1, 0.15) is 12.4 Å². The van der Waals surface area contributed by atoms with Gasteiger partial charge in [0, 0.05) is 10.9 Å². The van der Waals surface area contributed by atoms with E-state index in [0.29, 0.717) is 11.5 Å². The second-order valence-electron chi connectivity index (χ2n) is 4.53. The van der Waals surface area contributed by atoms with Gasteiger partial charge in [-0.1, -0.05) is 19.0 Å². The maximum atomic E-state index is 11.2. The van der Waals surface area contributed by atoms with E-state index in [-0.39, 0.29) is 17.4 Å². The Hall–Kier alpha value is -1.82. The third-order valence-electron chi connectivity index (χ3n) is 2.53. The van der Waals surface area contributed by atoms with Crippen molar-refractivity contribution in [3.63, 3.8) is 0 Å². The van der Waals surface area contributed by atoms with Gasteiger partial charge in [-0.3, -0.25) is 0 Å². The number of hydrogen-bond acceptors (Lipinski definition) is 5. The largest absolute Gasteiger partial charge is 0.484 e. The van der Waals surface area contributed by atoms with Gasteiger partial charge < -0.3 is 14.4 Å². The maximum Gasteiger partial charge on any atom is 0.349 e. The van der Waals surface area contributed by atoms with E-state index in [1.165, 1.54) is 11.3 Å². The van der Waals surface area contributed by atoms with Crippen LogP contribution in [0.5, 0.6) is 5.75 Å². The smallest absolute Gasteiger partial charge is 0.349 e. The zero-order valence-electron chi connectivity index (χ0n) is 11.0. The molecule has 0 aromatic carbocycles. The molecule has 2 rings (SSSR count). The molecule has 0 unspecified atom stereocenters. The third-order valence-corrected chi connectivity index (χ3v) is 3.93. The standard InChI is InChI=1S/C13H15NO4S/c1-7(2)11-5-10(12(19-11)13(15)16)17-6-9-4-8(3)14-18-9/h4-5,7H,6H2,1-3H3,(H,15,16). The van der Waals surface area contributed by atoms with E-state index >= 15 is 0 Å². The van der Waals surface area contributed by atoms with Gasteiger partial charge >= 0.3 is 5.97 Å². The van der Waals surface area contributed by atoms with Crippen LogP contribution in [0.4, 0.5) is 0 Å². The van der Waals surface area contributed by atoms with Gasteiger partial charge in [0.25, 0.3) is 0 Å². The number of rotatable bonds is 5. The predicted octanol–water partition coefficient (Wildman–Crippen LogP) is 3.45. The molecule has 5 nitrogen and oxygen atoms in total. The van der Waals surface area contributed by atoms with Crippen molar-refractivity contribution >= 4 is 17.3 Å². The molecule has 0 fully saturated rings. The maximum absolute atomic E-state index is 11.2. The first kappa shape index (κ1) is 13.6. The number of carboxylic acids is 1. The molecule has 2 aromatic rings. The molecule has 0 atom stereocenters. The highest BCUT2D eigenvalue weighted by atomic mass is 32.1. The zero-order chi connectivity index (χ0) is 14.0. The average molecular weight is 281 g/mol. The summed E-state index contributed by atoms with van der Waals surface area (Å²) < 4.78 is 10.5. The number of aromatic nitrogens is 1. The quantitative estimate of drug-likeness (QED) is 0.908. The summed E-state index contributed by atoms with van der Waals surface area (Å²) in [6, 6.07) is 3.54. The van der Waals surface area contributed by atoms with Crippen LogP contribution in [0.15, 0.2) is 16.7 Å². The van der Waals surface area contributed by atoms with Gasteiger partial charge in [-0.25, -0.2) is 4.79 Å². The molecule has 0 radical (unpaired) electrons. The van der Waals surface area contributed by atoms with Crippen LogP contribution >= 0.6 is 11.3 Å². The van der Waals surface area contributed by atoms with Crippen molar-refractivity contribution < 1.29 is 19.2 Å². The first-order valence-electron chi connectivity index (χ1n) is 5.89. The minimum atomic E-state index is -0.972. The van der Waals surface area contributed by atoms with Crippen LogP contribution in [-0.4, -0.2) is 16.2 Å². The molecule has 0 amide bonds. The molecular formula is C13H15NO4S. The van der Waals surface area contributed by atoms with Crippen LogP contribution < -0.4 is 4.74 Å². The molecule has 0 spiro atoms. The van der Waals surface area contributed by atoms with Crippen molar-refractivity contribution in [1.82, 2.24) is 5.16 Å². The van der Waals surface area contributed by atoms with Gasteiger partial charge in [0.05, 0.1) is 5.69 Å². The first-order valence-corrected chi connectivity index (χ1v) is 6.71. The van der Waals surface area contributed by atoms with Crippen molar-refractivity contribution in [3.05, 3.63) is 33.3 Å². The molecular weight excluding hydrogens is 266 g/mol. The fourth-order valence-corrected chi connectivity index (χ4v) is 2.51. The van der Waals surface area contributed by atoms with Crippen LogP contribution in [0.3, 0.4) is 0 Å². The number of ether oxygens (including phenoxy) is 1. The summed E-state index contributed by atoms with van der Waals surface area (Å²) in [5.41, 5.74) is 0.769. The van der Waals surface area contributed by atoms with Gasteiger partial charge in [-0.05, 0) is 18.9 Å². The Morgan fingerprint density at radius 1 is 1.53 bits per heavy atom. The van der Waals surface area contributed by atoms with E-state index < -0.39 is 5.97 Å². The Morgan fingerprint density at radius 3 is 2.79 bits per heavy atom. The lowest BCUT2D eigenvalue weighted by Crippen LogP contribution is -1.99. The lowest BCUT2D eigenvalue weighted by molar-refractivity contribution is 0.0697. The molecule has 2 heterocycles. The van der Waals surface area contributed by atoms with Gasteiger partial charge in [-0.15, -0.1) is 11.3 Å². The monoisotopic (exact) mass is 281 g/mol. The van der Waals surface area contributed by atoms with Crippen LogP contribution in [0.25, 0.3) is 0 Å². The van der Waals surface area contributed by atoms with Crippen molar-refractivity contribution in [2.45, 2.75) is 33.3 Å². The summed E-state index contributed by atoms with van der Waals surface area (Å²) in [6.07, 6.45) is 0. The van der Waals surface area contributed by atoms with Crippen LogP contribution in [-0.2, 0) is 6.61 Å². The molecule has 0 bridgehead atoms. The Balaban J connectivity index is 2.16. The fourth-order valence-electron chi connectivity index (χ4n) is 1.57. The highest BCUT2D eigenvalue weighted by molar-refractivity contribution is 7.14. The minimum Gasteiger partial charge on any atom is -0.484 e. The molecule has 0 aliphatic rings. The second kappa shape index (κ2) is 5.44. The Morgan fingerprint density at radius 2 is 2.26 bits per heavy atom. The number of aryl methyl sites for hydroxylation is 1. The SMILES string of the molecule is Cc1cc(COc2cc(C(C)C)sc2C(=O)O)on1. The summed E-state index contributed by atoms with van der Waals surface area (Å²) >= 11 is 1.25. The van der Waals surface area contributed by atoms with E-state index in [1.807, 2.05) is 20.8 Å². The number of hydrogen-bond donors (Lipinski definition) is 1. The summed E-state index contributed by atoms with van der Waals surface area (Å²) in [7, 11) is 0. The lowest BCUT2D eigenvalue weighted by Gasteiger charge is -2.02. The molecule has 0 aliphatic carbocycles.